The molecule has 7 aromatic carbocycles. The van der Waals surface area contributed by atoms with Gasteiger partial charge in [0, 0.05) is 59.4 Å². The van der Waals surface area contributed by atoms with Crippen molar-refractivity contribution in [2.24, 2.45) is 0 Å². The number of allylic oxidation sites excluding steroid dienone is 5. The zero-order chi connectivity index (χ0) is 34.5. The summed E-state index contributed by atoms with van der Waals surface area (Å²) in [5.74, 6) is 0.899. The number of nitrogens with zero attached hydrogens (tertiary/aromatic N) is 3. The van der Waals surface area contributed by atoms with Crippen molar-refractivity contribution in [2.75, 3.05) is 0 Å². The van der Waals surface area contributed by atoms with Crippen molar-refractivity contribution in [3.8, 4) is 5.82 Å². The normalized spacial score (nSPS) is 12.9. The van der Waals surface area contributed by atoms with Gasteiger partial charge in [-0.25, -0.2) is 4.98 Å². The fourth-order valence-corrected chi connectivity index (χ4v) is 8.99. The molecule has 0 saturated carbocycles. The monoisotopic (exact) mass is 663 g/mol. The molecule has 0 atom stereocenters. The molecule has 0 N–H and O–H groups in total. The van der Waals surface area contributed by atoms with Crippen LogP contribution in [0.15, 0.2) is 164 Å². The van der Waals surface area contributed by atoms with Crippen molar-refractivity contribution in [3.05, 3.63) is 170 Å². The quantitative estimate of drug-likeness (QED) is 0.168. The van der Waals surface area contributed by atoms with Crippen LogP contribution in [0.2, 0.25) is 0 Å². The Morgan fingerprint density at radius 3 is 2.00 bits per heavy atom. The van der Waals surface area contributed by atoms with Crippen LogP contribution in [-0.2, 0) is 0 Å². The highest BCUT2D eigenvalue weighted by molar-refractivity contribution is 6.40. The summed E-state index contributed by atoms with van der Waals surface area (Å²) in [5, 5.41) is 14.8. The molecule has 52 heavy (non-hydrogen) atoms. The second-order valence-corrected chi connectivity index (χ2v) is 13.8. The van der Waals surface area contributed by atoms with Gasteiger partial charge in [-0.2, -0.15) is 0 Å². The van der Waals surface area contributed by atoms with E-state index in [0.717, 1.165) is 34.3 Å². The predicted molar refractivity (Wildman–Crippen MR) is 223 cm³/mol. The maximum absolute atomic E-state index is 5.62. The molecule has 0 saturated heterocycles. The van der Waals surface area contributed by atoms with Crippen LogP contribution in [0.25, 0.3) is 104 Å². The first-order valence-corrected chi connectivity index (χ1v) is 18.1. The summed E-state index contributed by atoms with van der Waals surface area (Å²) in [6.07, 6.45) is 9.26. The van der Waals surface area contributed by atoms with Gasteiger partial charge in [0.15, 0.2) is 0 Å². The molecule has 11 aromatic rings. The molecule has 0 aliphatic heterocycles. The van der Waals surface area contributed by atoms with E-state index in [1.54, 1.807) is 0 Å². The molecule has 0 aliphatic rings. The fourth-order valence-electron chi connectivity index (χ4n) is 8.99. The van der Waals surface area contributed by atoms with Crippen LogP contribution in [0, 0.1) is 0 Å². The first kappa shape index (κ1) is 29.1. The Balaban J connectivity index is 1.43. The van der Waals surface area contributed by atoms with Crippen molar-refractivity contribution in [1.82, 2.24) is 14.0 Å². The van der Waals surface area contributed by atoms with E-state index in [9.17, 15) is 0 Å². The van der Waals surface area contributed by atoms with Crippen molar-refractivity contribution >= 4 is 97.8 Å². The molecule has 3 heteroatoms. The van der Waals surface area contributed by atoms with Gasteiger partial charge in [0.25, 0.3) is 0 Å². The van der Waals surface area contributed by atoms with Crippen LogP contribution < -0.4 is 0 Å². The van der Waals surface area contributed by atoms with E-state index < -0.39 is 0 Å². The Morgan fingerprint density at radius 2 is 1.19 bits per heavy atom. The summed E-state index contributed by atoms with van der Waals surface area (Å²) in [6.45, 7) is 6.24. The van der Waals surface area contributed by atoms with Crippen LogP contribution in [-0.4, -0.2) is 14.0 Å². The van der Waals surface area contributed by atoms with Crippen LogP contribution in [0.5, 0.6) is 0 Å². The van der Waals surface area contributed by atoms with E-state index in [1.165, 1.54) is 81.4 Å². The van der Waals surface area contributed by atoms with Gasteiger partial charge in [0.05, 0.1) is 33.3 Å². The Labute approximate surface area is 300 Å². The van der Waals surface area contributed by atoms with Crippen molar-refractivity contribution in [2.45, 2.75) is 13.3 Å². The molecule has 0 unspecified atom stereocenters. The zero-order valence-electron chi connectivity index (χ0n) is 28.8. The maximum Gasteiger partial charge on any atom is 0.138 e. The van der Waals surface area contributed by atoms with Gasteiger partial charge >= 0.3 is 0 Å². The third-order valence-corrected chi connectivity index (χ3v) is 11.0. The number of hydrogen-bond donors (Lipinski definition) is 0. The molecular weight excluding hydrogens is 631 g/mol. The molecule has 4 heterocycles. The predicted octanol–water partition coefficient (Wildman–Crippen LogP) is 13.3. The van der Waals surface area contributed by atoms with E-state index in [1.807, 2.05) is 6.08 Å². The maximum atomic E-state index is 5.62. The zero-order valence-corrected chi connectivity index (χ0v) is 28.8. The molecule has 3 nitrogen and oxygen atoms in total. The van der Waals surface area contributed by atoms with Crippen LogP contribution in [0.1, 0.15) is 19.0 Å². The minimum Gasteiger partial charge on any atom is -0.307 e. The lowest BCUT2D eigenvalue weighted by Crippen LogP contribution is -2.02. The molecule has 0 spiro atoms. The minimum atomic E-state index is 0.899. The second-order valence-electron chi connectivity index (χ2n) is 13.8. The van der Waals surface area contributed by atoms with Crippen LogP contribution in [0.4, 0.5) is 0 Å². The fraction of sp³-hybridized carbons (Fsp3) is 0.0408. The number of pyridine rings is 1. The Kier molecular flexibility index (Phi) is 6.09. The summed E-state index contributed by atoms with van der Waals surface area (Å²) in [7, 11) is 0. The van der Waals surface area contributed by atoms with Crippen LogP contribution >= 0.6 is 0 Å². The Morgan fingerprint density at radius 1 is 0.577 bits per heavy atom. The molecule has 244 valence electrons. The van der Waals surface area contributed by atoms with Gasteiger partial charge in [-0.3, -0.25) is 4.57 Å². The summed E-state index contributed by atoms with van der Waals surface area (Å²) in [6, 6.07) is 48.9. The highest BCUT2D eigenvalue weighted by atomic mass is 15.1. The summed E-state index contributed by atoms with van der Waals surface area (Å²) >= 11 is 0. The third kappa shape index (κ3) is 3.77. The lowest BCUT2D eigenvalue weighted by atomic mass is 9.97. The van der Waals surface area contributed by atoms with Gasteiger partial charge in [-0.15, -0.1) is 0 Å². The third-order valence-electron chi connectivity index (χ3n) is 11.0. The molecule has 11 rings (SSSR count). The van der Waals surface area contributed by atoms with E-state index in [-0.39, 0.29) is 0 Å². The molecule has 0 bridgehead atoms. The minimum absolute atomic E-state index is 0.899. The van der Waals surface area contributed by atoms with E-state index in [4.69, 9.17) is 4.98 Å². The lowest BCUT2D eigenvalue weighted by molar-refractivity contribution is 1.09. The first-order chi connectivity index (χ1) is 25.8. The average Bonchev–Trinajstić information content (AvgIpc) is 3.85. The number of hydrogen-bond acceptors (Lipinski definition) is 1. The van der Waals surface area contributed by atoms with Gasteiger partial charge < -0.3 is 4.40 Å². The number of aromatic nitrogens is 3. The molecule has 0 fully saturated rings. The Bertz CT molecular complexity index is 3350. The van der Waals surface area contributed by atoms with Crippen LogP contribution in [0.3, 0.4) is 0 Å². The number of para-hydroxylation sites is 2. The lowest BCUT2D eigenvalue weighted by Gasteiger charge is -2.15. The molecule has 0 radical (unpaired) electrons. The second kappa shape index (κ2) is 10.9. The van der Waals surface area contributed by atoms with Gasteiger partial charge in [-0.05, 0) is 29.3 Å². The number of rotatable bonds is 5. The van der Waals surface area contributed by atoms with E-state index in [2.05, 4.69) is 174 Å². The smallest absolute Gasteiger partial charge is 0.138 e. The number of fused-ring (bicyclic) bond motifs is 16. The molecular formula is C49H33N3. The highest BCUT2D eigenvalue weighted by Crippen LogP contribution is 2.49. The SMILES string of the molecule is C=C/C=C(\C=C/CC)c1nc(-n2c3c4ccccc4ccc3c3c4c5cccc6c7ccccc7n(c65)c4c4ccccc4c32)cc2ccccc12. The number of benzene rings is 7. The molecule has 0 aliphatic carbocycles. The summed E-state index contributed by atoms with van der Waals surface area (Å²) in [4.78, 5) is 5.62. The molecule has 4 aromatic heterocycles. The average molecular weight is 664 g/mol. The van der Waals surface area contributed by atoms with Crippen molar-refractivity contribution in [3.63, 3.8) is 0 Å². The van der Waals surface area contributed by atoms with Gasteiger partial charge in [0.2, 0.25) is 0 Å². The van der Waals surface area contributed by atoms with E-state index in [0.29, 0.717) is 0 Å². The van der Waals surface area contributed by atoms with E-state index >= 15 is 0 Å². The van der Waals surface area contributed by atoms with Gasteiger partial charge in [-0.1, -0.05) is 159 Å². The Hall–Kier alpha value is -6.71. The largest absolute Gasteiger partial charge is 0.307 e. The standard InChI is InChI=1S/C49H33N3/c1-3-5-16-31(15-4-2)45-33-19-8-7-18-32(33)29-42(50-45)52-46-34-20-9-6-17-30(34)27-28-40(46)44-43-39-25-14-24-36-35-21-12-13-26-41(35)51(47(36)39)48(43)37-22-10-11-23-38(37)49(44)52/h4-29H,2-3H2,1H3/b16-5-,31-15+. The summed E-state index contributed by atoms with van der Waals surface area (Å²) in [5.41, 5.74) is 8.13. The van der Waals surface area contributed by atoms with Crippen molar-refractivity contribution < 1.29 is 0 Å². The topological polar surface area (TPSA) is 22.2 Å². The van der Waals surface area contributed by atoms with Gasteiger partial charge in [0.1, 0.15) is 5.82 Å². The molecule has 0 amide bonds. The first-order valence-electron chi connectivity index (χ1n) is 18.1. The highest BCUT2D eigenvalue weighted by Gasteiger charge is 2.27. The summed E-state index contributed by atoms with van der Waals surface area (Å²) < 4.78 is 4.99. The van der Waals surface area contributed by atoms with Crippen molar-refractivity contribution in [1.29, 1.82) is 0 Å².